The molecule has 3 nitrogen and oxygen atoms in total. The Bertz CT molecular complexity index is 214. The fraction of sp³-hybridized carbons (Fsp3) is 0.667. The molecule has 0 atom stereocenters. The van der Waals surface area contributed by atoms with E-state index in [1.807, 2.05) is 0 Å². The summed E-state index contributed by atoms with van der Waals surface area (Å²) < 4.78 is 0. The lowest BCUT2D eigenvalue weighted by atomic mass is 10.3. The molecule has 0 aromatic carbocycles. The molecule has 3 heteroatoms. The Morgan fingerprint density at radius 1 is 1.00 bits per heavy atom. The van der Waals surface area contributed by atoms with E-state index >= 15 is 0 Å². The van der Waals surface area contributed by atoms with Crippen molar-refractivity contribution in [2.45, 2.75) is 39.5 Å². The molecule has 66 valence electrons. The van der Waals surface area contributed by atoms with Crippen LogP contribution in [0.5, 0.6) is 0 Å². The first-order chi connectivity index (χ1) is 5.86. The highest BCUT2D eigenvalue weighted by Gasteiger charge is 1.97. The van der Waals surface area contributed by atoms with Gasteiger partial charge in [0, 0.05) is 12.8 Å². The average molecular weight is 165 g/mol. The molecular weight excluding hydrogens is 150 g/mol. The van der Waals surface area contributed by atoms with Crippen molar-refractivity contribution in [1.82, 2.24) is 15.0 Å². The van der Waals surface area contributed by atoms with Crippen LogP contribution in [-0.2, 0) is 12.8 Å². The zero-order valence-electron chi connectivity index (χ0n) is 7.75. The van der Waals surface area contributed by atoms with E-state index in [1.165, 1.54) is 0 Å². The van der Waals surface area contributed by atoms with Gasteiger partial charge in [-0.2, -0.15) is 0 Å². The first-order valence-corrected chi connectivity index (χ1v) is 4.53. The van der Waals surface area contributed by atoms with Crippen LogP contribution >= 0.6 is 0 Å². The van der Waals surface area contributed by atoms with Crippen LogP contribution in [0.4, 0.5) is 0 Å². The second-order valence-electron chi connectivity index (χ2n) is 2.82. The van der Waals surface area contributed by atoms with E-state index < -0.39 is 0 Å². The van der Waals surface area contributed by atoms with Crippen LogP contribution in [0.2, 0.25) is 0 Å². The maximum atomic E-state index is 4.33. The molecule has 0 fully saturated rings. The Morgan fingerprint density at radius 2 is 1.50 bits per heavy atom. The van der Waals surface area contributed by atoms with Gasteiger partial charge in [0.1, 0.15) is 18.0 Å². The molecular formula is C9H15N3. The fourth-order valence-electron chi connectivity index (χ4n) is 1.06. The highest BCUT2D eigenvalue weighted by atomic mass is 15.0. The van der Waals surface area contributed by atoms with E-state index in [2.05, 4.69) is 28.8 Å². The second-order valence-corrected chi connectivity index (χ2v) is 2.82. The number of rotatable bonds is 4. The van der Waals surface area contributed by atoms with Crippen LogP contribution in [0.25, 0.3) is 0 Å². The molecule has 0 radical (unpaired) electrons. The summed E-state index contributed by atoms with van der Waals surface area (Å²) in [4.78, 5) is 12.5. The largest absolute Gasteiger partial charge is 0.221 e. The molecule has 0 saturated heterocycles. The average Bonchev–Trinajstić information content (AvgIpc) is 2.06. The zero-order valence-corrected chi connectivity index (χ0v) is 7.75. The van der Waals surface area contributed by atoms with Crippen LogP contribution in [0, 0.1) is 0 Å². The monoisotopic (exact) mass is 165 g/mol. The third-order valence-corrected chi connectivity index (χ3v) is 1.62. The van der Waals surface area contributed by atoms with Gasteiger partial charge in [0.2, 0.25) is 0 Å². The van der Waals surface area contributed by atoms with Gasteiger partial charge in [0.25, 0.3) is 0 Å². The summed E-state index contributed by atoms with van der Waals surface area (Å²) in [6.45, 7) is 4.26. The zero-order chi connectivity index (χ0) is 8.81. The van der Waals surface area contributed by atoms with Crippen molar-refractivity contribution in [2.24, 2.45) is 0 Å². The fourth-order valence-corrected chi connectivity index (χ4v) is 1.06. The molecule has 1 rings (SSSR count). The normalized spacial score (nSPS) is 10.2. The van der Waals surface area contributed by atoms with Gasteiger partial charge < -0.3 is 0 Å². The smallest absolute Gasteiger partial charge is 0.132 e. The van der Waals surface area contributed by atoms with Crippen molar-refractivity contribution in [3.8, 4) is 0 Å². The van der Waals surface area contributed by atoms with Crippen molar-refractivity contribution in [2.75, 3.05) is 0 Å². The van der Waals surface area contributed by atoms with Gasteiger partial charge in [-0.15, -0.1) is 0 Å². The Hall–Kier alpha value is -0.990. The number of aromatic nitrogens is 3. The van der Waals surface area contributed by atoms with Crippen LogP contribution in [0.1, 0.15) is 38.3 Å². The van der Waals surface area contributed by atoms with Crippen molar-refractivity contribution in [3.05, 3.63) is 18.0 Å². The first-order valence-electron chi connectivity index (χ1n) is 4.53. The van der Waals surface area contributed by atoms with Crippen molar-refractivity contribution >= 4 is 0 Å². The van der Waals surface area contributed by atoms with Crippen LogP contribution < -0.4 is 0 Å². The molecule has 1 aromatic heterocycles. The highest BCUT2D eigenvalue weighted by Crippen LogP contribution is 1.97. The molecule has 0 aliphatic carbocycles. The van der Waals surface area contributed by atoms with E-state index in [0.29, 0.717) is 0 Å². The molecule has 0 amide bonds. The van der Waals surface area contributed by atoms with Gasteiger partial charge in [-0.25, -0.2) is 15.0 Å². The number of hydrogen-bond donors (Lipinski definition) is 0. The summed E-state index contributed by atoms with van der Waals surface area (Å²) in [5, 5.41) is 0. The number of nitrogens with zero attached hydrogens (tertiary/aromatic N) is 3. The van der Waals surface area contributed by atoms with Gasteiger partial charge in [0.15, 0.2) is 0 Å². The summed E-state index contributed by atoms with van der Waals surface area (Å²) in [5.74, 6) is 1.85. The van der Waals surface area contributed by atoms with Gasteiger partial charge in [-0.1, -0.05) is 13.8 Å². The van der Waals surface area contributed by atoms with E-state index in [1.54, 1.807) is 6.33 Å². The number of hydrogen-bond acceptors (Lipinski definition) is 3. The van der Waals surface area contributed by atoms with E-state index in [-0.39, 0.29) is 0 Å². The van der Waals surface area contributed by atoms with Gasteiger partial charge in [0.05, 0.1) is 0 Å². The summed E-state index contributed by atoms with van der Waals surface area (Å²) in [7, 11) is 0. The van der Waals surface area contributed by atoms with Crippen molar-refractivity contribution < 1.29 is 0 Å². The van der Waals surface area contributed by atoms with Crippen LogP contribution in [0.3, 0.4) is 0 Å². The van der Waals surface area contributed by atoms with Crippen LogP contribution in [0.15, 0.2) is 6.33 Å². The van der Waals surface area contributed by atoms with Crippen molar-refractivity contribution in [1.29, 1.82) is 0 Å². The molecule has 1 heterocycles. The molecule has 0 unspecified atom stereocenters. The minimum Gasteiger partial charge on any atom is -0.221 e. The van der Waals surface area contributed by atoms with Crippen molar-refractivity contribution in [3.63, 3.8) is 0 Å². The summed E-state index contributed by atoms with van der Waals surface area (Å²) in [6, 6.07) is 0. The summed E-state index contributed by atoms with van der Waals surface area (Å²) in [5.41, 5.74) is 0. The molecule has 0 aliphatic heterocycles. The molecule has 0 aliphatic rings. The topological polar surface area (TPSA) is 38.7 Å². The Labute approximate surface area is 73.3 Å². The maximum absolute atomic E-state index is 4.33. The van der Waals surface area contributed by atoms with E-state index in [0.717, 1.165) is 37.3 Å². The Kier molecular flexibility index (Phi) is 3.64. The lowest BCUT2D eigenvalue weighted by Gasteiger charge is -1.99. The lowest BCUT2D eigenvalue weighted by molar-refractivity contribution is 0.753. The van der Waals surface area contributed by atoms with E-state index in [9.17, 15) is 0 Å². The Balaban J connectivity index is 2.67. The standard InChI is InChI=1S/C9H15N3/c1-3-5-8-10-7-11-9(12-8)6-4-2/h7H,3-6H2,1-2H3. The lowest BCUT2D eigenvalue weighted by Crippen LogP contribution is -2.01. The Morgan fingerprint density at radius 3 is 1.92 bits per heavy atom. The molecule has 12 heavy (non-hydrogen) atoms. The minimum atomic E-state index is 0.927. The number of aryl methyl sites for hydroxylation is 2. The molecule has 0 saturated carbocycles. The summed E-state index contributed by atoms with van der Waals surface area (Å²) in [6.07, 6.45) is 5.71. The predicted molar refractivity (Wildman–Crippen MR) is 47.8 cm³/mol. The minimum absolute atomic E-state index is 0.927. The van der Waals surface area contributed by atoms with Gasteiger partial charge >= 0.3 is 0 Å². The second kappa shape index (κ2) is 4.80. The predicted octanol–water partition coefficient (Wildman–Crippen LogP) is 1.78. The molecule has 0 bridgehead atoms. The summed E-state index contributed by atoms with van der Waals surface area (Å²) >= 11 is 0. The molecule has 1 aromatic rings. The van der Waals surface area contributed by atoms with Gasteiger partial charge in [-0.05, 0) is 12.8 Å². The van der Waals surface area contributed by atoms with Gasteiger partial charge in [-0.3, -0.25) is 0 Å². The van der Waals surface area contributed by atoms with Crippen LogP contribution in [-0.4, -0.2) is 15.0 Å². The third kappa shape index (κ3) is 2.57. The molecule has 0 N–H and O–H groups in total. The van der Waals surface area contributed by atoms with E-state index in [4.69, 9.17) is 0 Å². The third-order valence-electron chi connectivity index (χ3n) is 1.62. The highest BCUT2D eigenvalue weighted by molar-refractivity contribution is 4.90. The quantitative estimate of drug-likeness (QED) is 0.682. The maximum Gasteiger partial charge on any atom is 0.132 e. The first kappa shape index (κ1) is 9.10. The molecule has 0 spiro atoms. The SMILES string of the molecule is CCCc1ncnc(CCC)n1.